The maximum absolute atomic E-state index is 5.56. The lowest BCUT2D eigenvalue weighted by molar-refractivity contribution is -0.105. The summed E-state index contributed by atoms with van der Waals surface area (Å²) < 4.78 is 0. The van der Waals surface area contributed by atoms with Crippen molar-refractivity contribution in [2.24, 2.45) is 10.9 Å². The number of nitrogens with zero attached hydrogens (tertiary/aromatic N) is 1. The van der Waals surface area contributed by atoms with E-state index in [9.17, 15) is 0 Å². The van der Waals surface area contributed by atoms with E-state index in [2.05, 4.69) is 5.16 Å². The SMILES string of the molecule is CC1(C)CC(SC(=[NH2+])C(N)=S)=NO1. The first-order valence-electron chi connectivity index (χ1n) is 3.76. The standard InChI is InChI=1S/C7H11N3OS2/c1-7(2)3-4(10-11-7)13-6(9)5(8)12/h9H,3H2,1-2H3,(H2,8,12)/p+1. The topological polar surface area (TPSA) is 73.2 Å². The van der Waals surface area contributed by atoms with Crippen molar-refractivity contribution in [3.05, 3.63) is 0 Å². The molecule has 0 aromatic heterocycles. The van der Waals surface area contributed by atoms with Gasteiger partial charge in [0.25, 0.3) is 5.04 Å². The molecule has 0 aromatic carbocycles. The largest absolute Gasteiger partial charge is 0.389 e. The second kappa shape index (κ2) is 3.63. The van der Waals surface area contributed by atoms with Crippen molar-refractivity contribution in [2.75, 3.05) is 0 Å². The lowest BCUT2D eigenvalue weighted by Gasteiger charge is -2.12. The molecule has 0 aliphatic carbocycles. The van der Waals surface area contributed by atoms with Gasteiger partial charge in [0.1, 0.15) is 10.6 Å². The summed E-state index contributed by atoms with van der Waals surface area (Å²) in [7, 11) is 0. The van der Waals surface area contributed by atoms with E-state index < -0.39 is 0 Å². The smallest absolute Gasteiger partial charge is 0.272 e. The third-order valence-electron chi connectivity index (χ3n) is 1.44. The van der Waals surface area contributed by atoms with Crippen LogP contribution in [-0.2, 0) is 4.84 Å². The van der Waals surface area contributed by atoms with Gasteiger partial charge in [0.15, 0.2) is 4.99 Å². The van der Waals surface area contributed by atoms with Crippen LogP contribution in [-0.4, -0.2) is 20.7 Å². The Labute approximate surface area is 86.4 Å². The summed E-state index contributed by atoms with van der Waals surface area (Å²) in [5, 5.41) is 10.7. The Kier molecular flexibility index (Phi) is 2.92. The number of hydrogen-bond acceptors (Lipinski definition) is 4. The zero-order valence-electron chi connectivity index (χ0n) is 7.53. The molecule has 1 rings (SSSR count). The van der Waals surface area contributed by atoms with Crippen LogP contribution in [0.25, 0.3) is 0 Å². The molecule has 0 fully saturated rings. The highest BCUT2D eigenvalue weighted by Crippen LogP contribution is 2.27. The van der Waals surface area contributed by atoms with Crippen LogP contribution in [0.3, 0.4) is 0 Å². The molecule has 1 aliphatic rings. The number of rotatable bonds is 0. The second-order valence-corrected chi connectivity index (χ2v) is 4.90. The van der Waals surface area contributed by atoms with Crippen LogP contribution >= 0.6 is 24.0 Å². The lowest BCUT2D eigenvalue weighted by atomic mass is 10.1. The fourth-order valence-electron chi connectivity index (χ4n) is 0.835. The quantitative estimate of drug-likeness (QED) is 0.332. The maximum atomic E-state index is 5.56. The molecule has 0 unspecified atom stereocenters. The van der Waals surface area contributed by atoms with Crippen molar-refractivity contribution in [3.8, 4) is 0 Å². The third kappa shape index (κ3) is 2.96. The van der Waals surface area contributed by atoms with Gasteiger partial charge in [0, 0.05) is 18.2 Å². The molecule has 13 heavy (non-hydrogen) atoms. The fraction of sp³-hybridized carbons (Fsp3) is 0.571. The van der Waals surface area contributed by atoms with Gasteiger partial charge in [-0.05, 0) is 13.8 Å². The first kappa shape index (κ1) is 10.5. The van der Waals surface area contributed by atoms with Crippen molar-refractivity contribution >= 4 is 39.1 Å². The summed E-state index contributed by atoms with van der Waals surface area (Å²) in [6.45, 7) is 3.92. The van der Waals surface area contributed by atoms with Crippen LogP contribution in [0.5, 0.6) is 0 Å². The average molecular weight is 218 g/mol. The normalized spacial score (nSPS) is 19.1. The van der Waals surface area contributed by atoms with E-state index in [1.165, 1.54) is 11.8 Å². The van der Waals surface area contributed by atoms with Crippen LogP contribution in [0.15, 0.2) is 5.16 Å². The summed E-state index contributed by atoms with van der Waals surface area (Å²) >= 11 is 5.98. The highest BCUT2D eigenvalue weighted by molar-refractivity contribution is 8.28. The number of nitrogens with two attached hydrogens (primary N) is 2. The zero-order valence-corrected chi connectivity index (χ0v) is 9.17. The molecule has 0 aromatic rings. The third-order valence-corrected chi connectivity index (χ3v) is 2.69. The maximum Gasteiger partial charge on any atom is 0.272 e. The molecular weight excluding hydrogens is 206 g/mol. The minimum Gasteiger partial charge on any atom is -0.389 e. The first-order valence-corrected chi connectivity index (χ1v) is 4.98. The van der Waals surface area contributed by atoms with Crippen LogP contribution in [0.2, 0.25) is 0 Å². The Morgan fingerprint density at radius 3 is 2.77 bits per heavy atom. The predicted molar refractivity (Wildman–Crippen MR) is 58.5 cm³/mol. The molecule has 1 aliphatic heterocycles. The van der Waals surface area contributed by atoms with Crippen LogP contribution in [0, 0.1) is 0 Å². The first-order chi connectivity index (χ1) is 5.91. The van der Waals surface area contributed by atoms with Crippen molar-refractivity contribution in [2.45, 2.75) is 25.9 Å². The van der Waals surface area contributed by atoms with E-state index in [0.717, 1.165) is 11.5 Å². The monoisotopic (exact) mass is 218 g/mol. The molecule has 6 heteroatoms. The van der Waals surface area contributed by atoms with E-state index in [1.807, 2.05) is 13.8 Å². The van der Waals surface area contributed by atoms with Gasteiger partial charge in [-0.3, -0.25) is 0 Å². The molecule has 72 valence electrons. The van der Waals surface area contributed by atoms with Gasteiger partial charge < -0.3 is 10.6 Å². The van der Waals surface area contributed by atoms with Gasteiger partial charge >= 0.3 is 0 Å². The fourth-order valence-corrected chi connectivity index (χ4v) is 1.81. The molecule has 0 bridgehead atoms. The van der Waals surface area contributed by atoms with E-state index in [0.29, 0.717) is 5.04 Å². The summed E-state index contributed by atoms with van der Waals surface area (Å²) in [4.78, 5) is 5.35. The Morgan fingerprint density at radius 1 is 1.77 bits per heavy atom. The van der Waals surface area contributed by atoms with Crippen LogP contribution in [0.1, 0.15) is 20.3 Å². The molecule has 0 amide bonds. The zero-order chi connectivity index (χ0) is 10.1. The Morgan fingerprint density at radius 2 is 2.38 bits per heavy atom. The van der Waals surface area contributed by atoms with Crippen molar-refractivity contribution < 1.29 is 10.2 Å². The van der Waals surface area contributed by atoms with Crippen LogP contribution < -0.4 is 11.1 Å². The van der Waals surface area contributed by atoms with Crippen LogP contribution in [0.4, 0.5) is 0 Å². The lowest BCUT2D eigenvalue weighted by Crippen LogP contribution is -2.45. The molecule has 0 radical (unpaired) electrons. The van der Waals surface area contributed by atoms with Gasteiger partial charge in [-0.25, -0.2) is 5.41 Å². The molecule has 4 nitrogen and oxygen atoms in total. The van der Waals surface area contributed by atoms with E-state index in [4.69, 9.17) is 28.2 Å². The predicted octanol–water partition coefficient (Wildman–Crippen LogP) is -0.324. The second-order valence-electron chi connectivity index (χ2n) is 3.34. The average Bonchev–Trinajstić information content (AvgIpc) is 2.30. The Hall–Kier alpha value is -0.620. The number of thioether (sulfide) groups is 1. The summed E-state index contributed by atoms with van der Waals surface area (Å²) in [6, 6.07) is 0. The van der Waals surface area contributed by atoms with E-state index >= 15 is 0 Å². The van der Waals surface area contributed by atoms with Crippen molar-refractivity contribution in [3.63, 3.8) is 0 Å². The Balaban J connectivity index is 2.50. The molecule has 0 atom stereocenters. The Bertz CT molecular complexity index is 285. The molecule has 1 heterocycles. The molecule has 4 N–H and O–H groups in total. The highest BCUT2D eigenvalue weighted by Gasteiger charge is 2.31. The van der Waals surface area contributed by atoms with Gasteiger partial charge in [0.05, 0.1) is 0 Å². The van der Waals surface area contributed by atoms with Gasteiger partial charge in [0.2, 0.25) is 0 Å². The minimum absolute atomic E-state index is 0.206. The highest BCUT2D eigenvalue weighted by atomic mass is 32.2. The van der Waals surface area contributed by atoms with Gasteiger partial charge in [-0.15, -0.1) is 0 Å². The molecule has 0 saturated heterocycles. The molecule has 0 spiro atoms. The molecular formula is C7H12N3OS2+. The number of hydrogen-bond donors (Lipinski definition) is 2. The van der Waals surface area contributed by atoms with Crippen molar-refractivity contribution in [1.82, 2.24) is 0 Å². The molecule has 0 saturated carbocycles. The van der Waals surface area contributed by atoms with Crippen molar-refractivity contribution in [1.29, 1.82) is 0 Å². The summed E-state index contributed by atoms with van der Waals surface area (Å²) in [5.74, 6) is 0. The minimum atomic E-state index is -0.237. The number of oxime groups is 1. The van der Waals surface area contributed by atoms with E-state index in [1.54, 1.807) is 0 Å². The summed E-state index contributed by atoms with van der Waals surface area (Å²) in [6.07, 6.45) is 0.737. The summed E-state index contributed by atoms with van der Waals surface area (Å²) in [5.41, 5.74) is 5.10. The van der Waals surface area contributed by atoms with E-state index in [-0.39, 0.29) is 10.6 Å². The van der Waals surface area contributed by atoms with Gasteiger partial charge in [-0.1, -0.05) is 17.4 Å². The van der Waals surface area contributed by atoms with Gasteiger partial charge in [-0.2, -0.15) is 0 Å². The number of thiocarbonyl (C=S) groups is 1.